The van der Waals surface area contributed by atoms with Crippen LogP contribution in [0.5, 0.6) is 0 Å². The largest absolute Gasteiger partial charge is 0.469 e. The molecule has 1 N–H and O–H groups in total. The van der Waals surface area contributed by atoms with Crippen LogP contribution in [0.2, 0.25) is 12.6 Å². The van der Waals surface area contributed by atoms with Crippen molar-refractivity contribution in [2.45, 2.75) is 45.6 Å². The van der Waals surface area contributed by atoms with Crippen molar-refractivity contribution in [3.63, 3.8) is 0 Å². The Labute approximate surface area is 110 Å². The summed E-state index contributed by atoms with van der Waals surface area (Å²) in [6.07, 6.45) is 6.20. The zero-order valence-electron chi connectivity index (χ0n) is 11.5. The molecule has 104 valence electrons. The third-order valence-corrected chi connectivity index (χ3v) is 5.97. The van der Waals surface area contributed by atoms with E-state index in [0.717, 1.165) is 24.5 Å². The minimum Gasteiger partial charge on any atom is -0.469 e. The van der Waals surface area contributed by atoms with E-state index in [1.165, 1.54) is 6.26 Å². The predicted molar refractivity (Wildman–Crippen MR) is 73.2 cm³/mol. The van der Waals surface area contributed by atoms with Gasteiger partial charge >= 0.3 is 8.56 Å². The summed E-state index contributed by atoms with van der Waals surface area (Å²) in [6, 6.07) is 0.933. The van der Waals surface area contributed by atoms with Crippen molar-refractivity contribution in [1.82, 2.24) is 0 Å². The zero-order valence-corrected chi connectivity index (χ0v) is 12.5. The maximum Gasteiger partial charge on any atom is 0.334 e. The lowest BCUT2D eigenvalue weighted by Crippen LogP contribution is -2.38. The van der Waals surface area contributed by atoms with Gasteiger partial charge < -0.3 is 18.7 Å². The van der Waals surface area contributed by atoms with Crippen molar-refractivity contribution in [3.8, 4) is 0 Å². The average Bonchev–Trinajstić information content (AvgIpc) is 2.32. The highest BCUT2D eigenvalue weighted by Gasteiger charge is 2.30. The Bertz CT molecular complexity index is 295. The summed E-state index contributed by atoms with van der Waals surface area (Å²) in [6.45, 7) is 7.48. The fourth-order valence-corrected chi connectivity index (χ4v) is 4.48. The molecule has 0 saturated heterocycles. The molecule has 0 aromatic carbocycles. The van der Waals surface area contributed by atoms with Gasteiger partial charge in [0.15, 0.2) is 0 Å². The van der Waals surface area contributed by atoms with Crippen molar-refractivity contribution < 1.29 is 18.7 Å². The van der Waals surface area contributed by atoms with Gasteiger partial charge in [-0.25, -0.2) is 0 Å². The standard InChI is InChI=1S/C13H24O4Si/c1-4-16-18(3,17-5-2)11-7-9-12-8-6-10-15-13(12)14/h6,8,10,13-14H,4-5,7,9,11H2,1-3H3. The SMILES string of the molecule is CCO[Si](C)(CCCC1=CC=COC1O)OCC. The second-order valence-electron chi connectivity index (χ2n) is 4.41. The second-order valence-corrected chi connectivity index (χ2v) is 7.76. The number of allylic oxidation sites excluding steroid dienone is 2. The summed E-state index contributed by atoms with van der Waals surface area (Å²) in [7, 11) is -2.02. The Morgan fingerprint density at radius 3 is 2.56 bits per heavy atom. The molecule has 0 aromatic heterocycles. The van der Waals surface area contributed by atoms with Crippen molar-refractivity contribution >= 4 is 8.56 Å². The first kappa shape index (κ1) is 15.4. The molecule has 18 heavy (non-hydrogen) atoms. The summed E-state index contributed by atoms with van der Waals surface area (Å²) < 4.78 is 16.6. The molecule has 1 aliphatic rings. The molecule has 1 heterocycles. The first-order chi connectivity index (χ1) is 8.61. The Morgan fingerprint density at radius 1 is 1.33 bits per heavy atom. The number of rotatable bonds is 8. The molecular weight excluding hydrogens is 248 g/mol. The van der Waals surface area contributed by atoms with Gasteiger partial charge in [0.25, 0.3) is 0 Å². The van der Waals surface area contributed by atoms with Gasteiger partial charge in [-0.15, -0.1) is 0 Å². The van der Waals surface area contributed by atoms with E-state index in [-0.39, 0.29) is 0 Å². The smallest absolute Gasteiger partial charge is 0.334 e. The lowest BCUT2D eigenvalue weighted by molar-refractivity contribution is -0.0255. The lowest BCUT2D eigenvalue weighted by atomic mass is 10.1. The van der Waals surface area contributed by atoms with Gasteiger partial charge in [0, 0.05) is 13.2 Å². The van der Waals surface area contributed by atoms with Crippen LogP contribution in [0.25, 0.3) is 0 Å². The van der Waals surface area contributed by atoms with Gasteiger partial charge in [0.2, 0.25) is 6.29 Å². The Kier molecular flexibility index (Phi) is 6.63. The van der Waals surface area contributed by atoms with Crippen LogP contribution < -0.4 is 0 Å². The van der Waals surface area contributed by atoms with Crippen molar-refractivity contribution in [2.75, 3.05) is 13.2 Å². The molecule has 4 nitrogen and oxygen atoms in total. The third kappa shape index (κ3) is 4.94. The van der Waals surface area contributed by atoms with Gasteiger partial charge in [-0.1, -0.05) is 6.08 Å². The summed E-state index contributed by atoms with van der Waals surface area (Å²) in [5.41, 5.74) is 0.918. The van der Waals surface area contributed by atoms with Crippen LogP contribution >= 0.6 is 0 Å². The van der Waals surface area contributed by atoms with Crippen LogP contribution in [0.3, 0.4) is 0 Å². The normalized spacial score (nSPS) is 19.6. The van der Waals surface area contributed by atoms with Crippen molar-refractivity contribution in [3.05, 3.63) is 24.0 Å². The minimum absolute atomic E-state index is 0.694. The van der Waals surface area contributed by atoms with E-state index in [0.29, 0.717) is 13.2 Å². The molecular formula is C13H24O4Si. The zero-order chi connectivity index (χ0) is 13.4. The van der Waals surface area contributed by atoms with E-state index in [1.54, 1.807) is 0 Å². The summed E-state index contributed by atoms with van der Waals surface area (Å²) in [5.74, 6) is 0. The minimum atomic E-state index is -2.02. The van der Waals surface area contributed by atoms with Crippen LogP contribution in [-0.4, -0.2) is 33.2 Å². The molecule has 0 amide bonds. The molecule has 0 saturated carbocycles. The predicted octanol–water partition coefficient (Wildman–Crippen LogP) is 2.70. The van der Waals surface area contributed by atoms with E-state index >= 15 is 0 Å². The van der Waals surface area contributed by atoms with Gasteiger partial charge in [-0.2, -0.15) is 0 Å². The highest BCUT2D eigenvalue weighted by molar-refractivity contribution is 6.66. The molecule has 1 unspecified atom stereocenters. The number of ether oxygens (including phenoxy) is 1. The Balaban J connectivity index is 2.38. The quantitative estimate of drug-likeness (QED) is 0.690. The second kappa shape index (κ2) is 7.73. The summed E-state index contributed by atoms with van der Waals surface area (Å²) in [5, 5.41) is 9.61. The fraction of sp³-hybridized carbons (Fsp3) is 0.692. The van der Waals surface area contributed by atoms with E-state index in [4.69, 9.17) is 13.6 Å². The topological polar surface area (TPSA) is 47.9 Å². The molecule has 1 rings (SSSR count). The van der Waals surface area contributed by atoms with Crippen LogP contribution in [0, 0.1) is 0 Å². The van der Waals surface area contributed by atoms with Crippen LogP contribution in [0.1, 0.15) is 26.7 Å². The van der Waals surface area contributed by atoms with Gasteiger partial charge in [-0.05, 0) is 50.9 Å². The van der Waals surface area contributed by atoms with E-state index < -0.39 is 14.9 Å². The van der Waals surface area contributed by atoms with Gasteiger partial charge in [0.05, 0.1) is 6.26 Å². The monoisotopic (exact) mass is 272 g/mol. The molecule has 5 heteroatoms. The van der Waals surface area contributed by atoms with E-state index in [2.05, 4.69) is 6.55 Å². The van der Waals surface area contributed by atoms with Crippen LogP contribution in [0.4, 0.5) is 0 Å². The first-order valence-corrected chi connectivity index (χ1v) is 9.10. The Morgan fingerprint density at radius 2 is 2.00 bits per heavy atom. The molecule has 0 spiro atoms. The van der Waals surface area contributed by atoms with Crippen LogP contribution in [-0.2, 0) is 13.6 Å². The highest BCUT2D eigenvalue weighted by atomic mass is 28.4. The molecule has 0 fully saturated rings. The highest BCUT2D eigenvalue weighted by Crippen LogP contribution is 2.22. The third-order valence-electron chi connectivity index (χ3n) is 2.91. The molecule has 0 radical (unpaired) electrons. The fourth-order valence-electron chi connectivity index (χ4n) is 2.07. The Hall–Kier alpha value is -0.623. The first-order valence-electron chi connectivity index (χ1n) is 6.58. The van der Waals surface area contributed by atoms with Gasteiger partial charge in [0.1, 0.15) is 0 Å². The van der Waals surface area contributed by atoms with Gasteiger partial charge in [-0.3, -0.25) is 0 Å². The van der Waals surface area contributed by atoms with E-state index in [1.807, 2.05) is 26.0 Å². The van der Waals surface area contributed by atoms with Crippen molar-refractivity contribution in [1.29, 1.82) is 0 Å². The number of aliphatic hydroxyl groups excluding tert-OH is 1. The van der Waals surface area contributed by atoms with Crippen molar-refractivity contribution in [2.24, 2.45) is 0 Å². The summed E-state index contributed by atoms with van der Waals surface area (Å²) >= 11 is 0. The molecule has 0 aromatic rings. The maximum atomic E-state index is 9.61. The molecule has 1 atom stereocenters. The molecule has 1 aliphatic heterocycles. The van der Waals surface area contributed by atoms with E-state index in [9.17, 15) is 5.11 Å². The number of hydrogen-bond donors (Lipinski definition) is 1. The maximum absolute atomic E-state index is 9.61. The van der Waals surface area contributed by atoms with Crippen LogP contribution in [0.15, 0.2) is 24.0 Å². The average molecular weight is 272 g/mol. The number of aliphatic hydroxyl groups is 1. The lowest BCUT2D eigenvalue weighted by Gasteiger charge is -2.26. The summed E-state index contributed by atoms with van der Waals surface area (Å²) in [4.78, 5) is 0. The molecule has 0 aliphatic carbocycles. The molecule has 0 bridgehead atoms. The number of hydrogen-bond acceptors (Lipinski definition) is 4.